The number of hydrogen-bond donors (Lipinski definition) is 2. The quantitative estimate of drug-likeness (QED) is 0.840. The van der Waals surface area contributed by atoms with Gasteiger partial charge in [0.1, 0.15) is 10.3 Å². The predicted molar refractivity (Wildman–Crippen MR) is 79.2 cm³/mol. The largest absolute Gasteiger partial charge is 0.480 e. The molecule has 2 N–H and O–H groups in total. The van der Waals surface area contributed by atoms with Crippen LogP contribution in [0.4, 0.5) is 0 Å². The molecule has 5 nitrogen and oxygen atoms in total. The maximum Gasteiger partial charge on any atom is 0.326 e. The molecule has 0 saturated carbocycles. The van der Waals surface area contributed by atoms with E-state index in [1.54, 1.807) is 36.4 Å². The summed E-state index contributed by atoms with van der Waals surface area (Å²) >= 11 is 4.19. The van der Waals surface area contributed by atoms with Crippen molar-refractivity contribution >= 4 is 43.3 Å². The molecule has 0 aliphatic carbocycles. The summed E-state index contributed by atoms with van der Waals surface area (Å²) in [6.45, 7) is 0. The van der Waals surface area contributed by atoms with E-state index in [1.165, 1.54) is 6.07 Å². The van der Waals surface area contributed by atoms with E-state index in [0.29, 0.717) is 9.35 Å². The van der Waals surface area contributed by atoms with Crippen molar-refractivity contribution in [1.29, 1.82) is 0 Å². The Morgan fingerprint density at radius 2 is 1.85 bits per heavy atom. The number of carboxylic acid groups (broad SMARTS) is 1. The van der Waals surface area contributed by atoms with E-state index in [1.807, 2.05) is 0 Å². The molecular weight excluding hydrogens is 366 g/mol. The van der Waals surface area contributed by atoms with Crippen LogP contribution in [0.1, 0.15) is 11.6 Å². The Kier molecular flexibility index (Phi) is 4.59. The average Bonchev–Trinajstić information content (AvgIpc) is 2.84. The van der Waals surface area contributed by atoms with Crippen LogP contribution in [0.2, 0.25) is 0 Å². The van der Waals surface area contributed by atoms with Gasteiger partial charge < -0.3 is 5.11 Å². The van der Waals surface area contributed by atoms with Gasteiger partial charge >= 0.3 is 5.97 Å². The van der Waals surface area contributed by atoms with E-state index in [4.69, 9.17) is 0 Å². The SMILES string of the molecule is O=C(O)[C@@H](NS(=O)(=O)c1ccc(Br)s1)c1ccccc1. The second kappa shape index (κ2) is 6.04. The van der Waals surface area contributed by atoms with Gasteiger partial charge in [-0.1, -0.05) is 30.3 Å². The van der Waals surface area contributed by atoms with E-state index < -0.39 is 22.0 Å². The Bertz CT molecular complexity index is 712. The van der Waals surface area contributed by atoms with Gasteiger partial charge in [0, 0.05) is 0 Å². The number of aliphatic carboxylic acids is 1. The average molecular weight is 376 g/mol. The van der Waals surface area contributed by atoms with Crippen molar-refractivity contribution in [1.82, 2.24) is 4.72 Å². The lowest BCUT2D eigenvalue weighted by Crippen LogP contribution is -2.33. The molecule has 0 aliphatic heterocycles. The van der Waals surface area contributed by atoms with Crippen molar-refractivity contribution in [3.63, 3.8) is 0 Å². The van der Waals surface area contributed by atoms with Gasteiger partial charge in [-0.2, -0.15) is 4.72 Å². The van der Waals surface area contributed by atoms with Gasteiger partial charge in [-0.15, -0.1) is 11.3 Å². The first-order valence-electron chi connectivity index (χ1n) is 5.45. The minimum absolute atomic E-state index is 0.0616. The first-order chi connectivity index (χ1) is 9.40. The fourth-order valence-corrected chi connectivity index (χ4v) is 4.77. The monoisotopic (exact) mass is 375 g/mol. The van der Waals surface area contributed by atoms with Gasteiger partial charge in [0.05, 0.1) is 3.79 Å². The van der Waals surface area contributed by atoms with Crippen molar-refractivity contribution in [3.8, 4) is 0 Å². The van der Waals surface area contributed by atoms with Crippen molar-refractivity contribution < 1.29 is 18.3 Å². The maximum absolute atomic E-state index is 12.1. The maximum atomic E-state index is 12.1. The number of sulfonamides is 1. The fourth-order valence-electron chi connectivity index (χ4n) is 1.56. The number of carbonyl (C=O) groups is 1. The molecule has 106 valence electrons. The summed E-state index contributed by atoms with van der Waals surface area (Å²) in [7, 11) is -3.87. The Labute approximate surface area is 128 Å². The number of benzene rings is 1. The van der Waals surface area contributed by atoms with Gasteiger partial charge in [0.2, 0.25) is 0 Å². The number of carboxylic acids is 1. The van der Waals surface area contributed by atoms with E-state index in [2.05, 4.69) is 20.7 Å². The highest BCUT2D eigenvalue weighted by atomic mass is 79.9. The van der Waals surface area contributed by atoms with Crippen molar-refractivity contribution in [2.75, 3.05) is 0 Å². The summed E-state index contributed by atoms with van der Waals surface area (Å²) < 4.78 is 27.2. The number of rotatable bonds is 5. The molecule has 0 spiro atoms. The Morgan fingerprint density at radius 1 is 1.20 bits per heavy atom. The smallest absolute Gasteiger partial charge is 0.326 e. The van der Waals surface area contributed by atoms with Crippen LogP contribution in [-0.4, -0.2) is 19.5 Å². The molecule has 0 bridgehead atoms. The first-order valence-corrected chi connectivity index (χ1v) is 8.55. The molecule has 0 fully saturated rings. The summed E-state index contributed by atoms with van der Waals surface area (Å²) in [5.74, 6) is -1.25. The molecule has 2 aromatic rings. The van der Waals surface area contributed by atoms with Crippen LogP contribution in [0.3, 0.4) is 0 Å². The topological polar surface area (TPSA) is 83.5 Å². The van der Waals surface area contributed by atoms with Crippen LogP contribution >= 0.6 is 27.3 Å². The molecule has 1 aromatic heterocycles. The van der Waals surface area contributed by atoms with E-state index in [0.717, 1.165) is 11.3 Å². The van der Waals surface area contributed by atoms with Gasteiger partial charge in [-0.3, -0.25) is 4.79 Å². The number of halogens is 1. The van der Waals surface area contributed by atoms with Crippen LogP contribution in [0.25, 0.3) is 0 Å². The molecule has 0 saturated heterocycles. The second-order valence-electron chi connectivity index (χ2n) is 3.86. The second-order valence-corrected chi connectivity index (χ2v) is 8.27. The highest BCUT2D eigenvalue weighted by Gasteiger charge is 2.27. The first kappa shape index (κ1) is 15.2. The third kappa shape index (κ3) is 3.45. The van der Waals surface area contributed by atoms with Gasteiger partial charge in [0.25, 0.3) is 10.0 Å². The Morgan fingerprint density at radius 3 is 2.35 bits per heavy atom. The minimum Gasteiger partial charge on any atom is -0.480 e. The molecule has 2 rings (SSSR count). The highest BCUT2D eigenvalue weighted by Crippen LogP contribution is 2.27. The molecular formula is C12H10BrNO4S2. The molecule has 1 atom stereocenters. The summed E-state index contributed by atoms with van der Waals surface area (Å²) in [6.07, 6.45) is 0. The molecule has 1 heterocycles. The number of thiophene rings is 1. The lowest BCUT2D eigenvalue weighted by atomic mass is 10.1. The molecule has 0 aliphatic rings. The molecule has 0 radical (unpaired) electrons. The number of nitrogens with one attached hydrogen (secondary N) is 1. The molecule has 1 aromatic carbocycles. The van der Waals surface area contributed by atoms with E-state index in [-0.39, 0.29) is 4.21 Å². The van der Waals surface area contributed by atoms with Crippen LogP contribution in [0, 0.1) is 0 Å². The molecule has 8 heteroatoms. The van der Waals surface area contributed by atoms with Crippen LogP contribution in [-0.2, 0) is 14.8 Å². The van der Waals surface area contributed by atoms with Crippen LogP contribution in [0.15, 0.2) is 50.5 Å². The zero-order valence-corrected chi connectivity index (χ0v) is 13.2. The summed E-state index contributed by atoms with van der Waals surface area (Å²) in [5, 5.41) is 9.21. The molecule has 0 amide bonds. The van der Waals surface area contributed by atoms with Crippen LogP contribution < -0.4 is 4.72 Å². The van der Waals surface area contributed by atoms with Crippen molar-refractivity contribution in [2.45, 2.75) is 10.3 Å². The fraction of sp³-hybridized carbons (Fsp3) is 0.0833. The van der Waals surface area contributed by atoms with E-state index >= 15 is 0 Å². The van der Waals surface area contributed by atoms with Gasteiger partial charge in [0.15, 0.2) is 0 Å². The predicted octanol–water partition coefficient (Wildman–Crippen LogP) is 2.61. The molecule has 0 unspecified atom stereocenters. The van der Waals surface area contributed by atoms with E-state index in [9.17, 15) is 18.3 Å². The zero-order valence-electron chi connectivity index (χ0n) is 9.99. The summed E-state index contributed by atoms with van der Waals surface area (Å²) in [4.78, 5) is 11.3. The lowest BCUT2D eigenvalue weighted by molar-refractivity contribution is -0.139. The third-order valence-corrected chi connectivity index (χ3v) is 6.00. The van der Waals surface area contributed by atoms with Gasteiger partial charge in [-0.05, 0) is 33.6 Å². The van der Waals surface area contributed by atoms with Crippen molar-refractivity contribution in [3.05, 3.63) is 51.8 Å². The normalized spacial score (nSPS) is 13.1. The Hall–Kier alpha value is -1.22. The molecule has 20 heavy (non-hydrogen) atoms. The zero-order chi connectivity index (χ0) is 14.8. The van der Waals surface area contributed by atoms with Gasteiger partial charge in [-0.25, -0.2) is 8.42 Å². The lowest BCUT2D eigenvalue weighted by Gasteiger charge is -2.14. The minimum atomic E-state index is -3.87. The highest BCUT2D eigenvalue weighted by molar-refractivity contribution is 9.11. The third-order valence-electron chi connectivity index (χ3n) is 2.47. The van der Waals surface area contributed by atoms with Crippen LogP contribution in [0.5, 0.6) is 0 Å². The number of hydrogen-bond acceptors (Lipinski definition) is 4. The summed E-state index contributed by atoms with van der Waals surface area (Å²) in [5.41, 5.74) is 0.374. The van der Waals surface area contributed by atoms with Crippen molar-refractivity contribution in [2.24, 2.45) is 0 Å². The standard InChI is InChI=1S/C12H10BrNO4S2/c13-9-6-7-10(19-9)20(17,18)14-11(12(15)16)8-4-2-1-3-5-8/h1-7,11,14H,(H,15,16)/t11-/m0/s1. The Balaban J connectivity index is 2.32. The summed E-state index contributed by atoms with van der Waals surface area (Å²) in [6, 6.07) is 9.85.